The van der Waals surface area contributed by atoms with E-state index >= 15 is 0 Å². The molecule has 86 valence electrons. The zero-order valence-electron chi connectivity index (χ0n) is 9.74. The smallest absolute Gasteiger partial charge is 0.252 e. The molecule has 1 saturated heterocycles. The Morgan fingerprint density at radius 3 is 2.13 bits per heavy atom. The van der Waals surface area contributed by atoms with E-state index in [0.29, 0.717) is 19.5 Å². The topological polar surface area (TPSA) is 41.7 Å². The summed E-state index contributed by atoms with van der Waals surface area (Å²) in [6.07, 6.45) is 1.84. The zero-order valence-corrected chi connectivity index (χ0v) is 10.6. The van der Waals surface area contributed by atoms with Crippen LogP contribution in [0.4, 0.5) is 0 Å². The van der Waals surface area contributed by atoms with E-state index in [4.69, 9.17) is 6.57 Å². The Hall–Kier alpha value is -0.600. The lowest BCUT2D eigenvalue weighted by molar-refractivity contribution is 0.243. The molecule has 1 rings (SSSR count). The Morgan fingerprint density at radius 1 is 1.40 bits per heavy atom. The molecule has 1 atom stereocenters. The van der Waals surface area contributed by atoms with Crippen molar-refractivity contribution in [3.8, 4) is 0 Å². The van der Waals surface area contributed by atoms with E-state index in [1.807, 2.05) is 20.8 Å². The molecule has 0 N–H and O–H groups in total. The van der Waals surface area contributed by atoms with Crippen LogP contribution in [0.25, 0.3) is 4.85 Å². The summed E-state index contributed by atoms with van der Waals surface area (Å²) in [6.45, 7) is 14.1. The molecule has 0 aromatic rings. The van der Waals surface area contributed by atoms with Crippen molar-refractivity contribution in [3.63, 3.8) is 0 Å². The molecule has 0 amide bonds. The largest absolute Gasteiger partial charge is 0.308 e. The molecule has 5 heteroatoms. The SMILES string of the molecule is [C-]#[N+]C1(C(C)(C)C)CCN(S(C)(=O)=O)C1. The molecule has 0 aromatic heterocycles. The molecule has 0 bridgehead atoms. The van der Waals surface area contributed by atoms with Gasteiger partial charge in [0.25, 0.3) is 5.54 Å². The van der Waals surface area contributed by atoms with Gasteiger partial charge in [-0.2, -0.15) is 4.31 Å². The first-order valence-electron chi connectivity index (χ1n) is 4.96. The summed E-state index contributed by atoms with van der Waals surface area (Å²) in [5.74, 6) is 0. The van der Waals surface area contributed by atoms with Crippen LogP contribution in [0.3, 0.4) is 0 Å². The van der Waals surface area contributed by atoms with Crippen molar-refractivity contribution in [1.82, 2.24) is 4.31 Å². The first-order valence-corrected chi connectivity index (χ1v) is 6.81. The highest BCUT2D eigenvalue weighted by Gasteiger charge is 2.55. The lowest BCUT2D eigenvalue weighted by Crippen LogP contribution is -2.43. The van der Waals surface area contributed by atoms with Gasteiger partial charge >= 0.3 is 0 Å². The Morgan fingerprint density at radius 2 is 1.93 bits per heavy atom. The van der Waals surface area contributed by atoms with Gasteiger partial charge in [-0.3, -0.25) is 0 Å². The molecule has 0 aromatic carbocycles. The normalized spacial score (nSPS) is 29.0. The highest BCUT2D eigenvalue weighted by atomic mass is 32.2. The number of hydrogen-bond donors (Lipinski definition) is 0. The lowest BCUT2D eigenvalue weighted by atomic mass is 9.73. The van der Waals surface area contributed by atoms with Crippen LogP contribution in [0.2, 0.25) is 0 Å². The van der Waals surface area contributed by atoms with Crippen LogP contribution in [0.1, 0.15) is 27.2 Å². The van der Waals surface area contributed by atoms with Crippen LogP contribution < -0.4 is 0 Å². The number of nitrogens with zero attached hydrogens (tertiary/aromatic N) is 2. The lowest BCUT2D eigenvalue weighted by Gasteiger charge is -2.30. The van der Waals surface area contributed by atoms with E-state index < -0.39 is 15.6 Å². The highest BCUT2D eigenvalue weighted by Crippen LogP contribution is 2.42. The van der Waals surface area contributed by atoms with Gasteiger partial charge in [0, 0.05) is 18.4 Å². The molecule has 0 spiro atoms. The second-order valence-electron chi connectivity index (χ2n) is 5.24. The zero-order chi connectivity index (χ0) is 11.9. The van der Waals surface area contributed by atoms with Crippen molar-refractivity contribution in [2.24, 2.45) is 5.41 Å². The third-order valence-corrected chi connectivity index (χ3v) is 4.54. The molecule has 1 heterocycles. The number of sulfonamides is 1. The van der Waals surface area contributed by atoms with Gasteiger partial charge in [0.05, 0.1) is 12.8 Å². The molecule has 0 radical (unpaired) electrons. The average Bonchev–Trinajstić information content (AvgIpc) is 2.46. The molecule has 1 fully saturated rings. The summed E-state index contributed by atoms with van der Waals surface area (Å²) >= 11 is 0. The predicted molar refractivity (Wildman–Crippen MR) is 59.8 cm³/mol. The molecular weight excluding hydrogens is 212 g/mol. The second kappa shape index (κ2) is 3.46. The molecule has 0 aliphatic carbocycles. The van der Waals surface area contributed by atoms with Gasteiger partial charge in [-0.1, -0.05) is 20.8 Å². The molecule has 4 nitrogen and oxygen atoms in total. The third kappa shape index (κ3) is 2.16. The summed E-state index contributed by atoms with van der Waals surface area (Å²) in [5.41, 5.74) is -0.746. The molecule has 15 heavy (non-hydrogen) atoms. The first kappa shape index (κ1) is 12.5. The Kier molecular flexibility index (Phi) is 2.88. The minimum Gasteiger partial charge on any atom is -0.308 e. The van der Waals surface area contributed by atoms with E-state index in [9.17, 15) is 8.42 Å². The van der Waals surface area contributed by atoms with Gasteiger partial charge in [0.15, 0.2) is 0 Å². The minimum absolute atomic E-state index is 0.186. The van der Waals surface area contributed by atoms with Crippen LogP contribution in [0.5, 0.6) is 0 Å². The summed E-state index contributed by atoms with van der Waals surface area (Å²) in [5, 5.41) is 0. The summed E-state index contributed by atoms with van der Waals surface area (Å²) in [7, 11) is -3.15. The fourth-order valence-corrected chi connectivity index (χ4v) is 2.78. The van der Waals surface area contributed by atoms with Gasteiger partial charge in [-0.15, -0.1) is 0 Å². The highest BCUT2D eigenvalue weighted by molar-refractivity contribution is 7.88. The van der Waals surface area contributed by atoms with Gasteiger partial charge in [-0.05, 0) is 0 Å². The van der Waals surface area contributed by atoms with Crippen LogP contribution in [-0.2, 0) is 10.0 Å². The van der Waals surface area contributed by atoms with Crippen molar-refractivity contribution >= 4 is 10.0 Å². The van der Waals surface area contributed by atoms with Crippen LogP contribution >= 0.6 is 0 Å². The fraction of sp³-hybridized carbons (Fsp3) is 0.900. The van der Waals surface area contributed by atoms with E-state index in [1.54, 1.807) is 0 Å². The molecule has 1 aliphatic heterocycles. The van der Waals surface area contributed by atoms with Crippen molar-refractivity contribution in [2.45, 2.75) is 32.7 Å². The number of hydrogen-bond acceptors (Lipinski definition) is 2. The van der Waals surface area contributed by atoms with E-state index in [1.165, 1.54) is 10.6 Å². The van der Waals surface area contributed by atoms with Crippen LogP contribution in [0, 0.1) is 12.0 Å². The molecule has 0 saturated carbocycles. The van der Waals surface area contributed by atoms with Crippen molar-refractivity contribution in [2.75, 3.05) is 19.3 Å². The van der Waals surface area contributed by atoms with Crippen molar-refractivity contribution < 1.29 is 8.42 Å². The Labute approximate surface area is 92.1 Å². The van der Waals surface area contributed by atoms with Gasteiger partial charge < -0.3 is 4.85 Å². The van der Waals surface area contributed by atoms with E-state index in [-0.39, 0.29) is 5.41 Å². The minimum atomic E-state index is -3.15. The summed E-state index contributed by atoms with van der Waals surface area (Å²) < 4.78 is 24.2. The molecular formula is C10H18N2O2S. The van der Waals surface area contributed by atoms with Gasteiger partial charge in [-0.25, -0.2) is 15.0 Å². The quantitative estimate of drug-likeness (QED) is 0.638. The van der Waals surface area contributed by atoms with Gasteiger partial charge in [0.1, 0.15) is 0 Å². The summed E-state index contributed by atoms with van der Waals surface area (Å²) in [4.78, 5) is 3.70. The summed E-state index contributed by atoms with van der Waals surface area (Å²) in [6, 6.07) is 0. The molecule has 1 unspecified atom stereocenters. The monoisotopic (exact) mass is 230 g/mol. The number of rotatable bonds is 1. The van der Waals surface area contributed by atoms with Crippen LogP contribution in [0.15, 0.2) is 0 Å². The maximum absolute atomic E-state index is 11.4. The Bertz CT molecular complexity index is 389. The van der Waals surface area contributed by atoms with Crippen molar-refractivity contribution in [1.29, 1.82) is 0 Å². The average molecular weight is 230 g/mol. The van der Waals surface area contributed by atoms with Gasteiger partial charge in [0.2, 0.25) is 10.0 Å². The molecule has 1 aliphatic rings. The standard InChI is InChI=1S/C10H18N2O2S/c1-9(2,3)10(11-4)6-7-12(8-10)15(5,13)14/h6-8H2,1-3,5H3. The first-order chi connectivity index (χ1) is 6.62. The maximum atomic E-state index is 11.4. The second-order valence-corrected chi connectivity index (χ2v) is 7.22. The third-order valence-electron chi connectivity index (χ3n) is 3.29. The Balaban J connectivity index is 3.00. The van der Waals surface area contributed by atoms with E-state index in [0.717, 1.165) is 0 Å². The van der Waals surface area contributed by atoms with Crippen LogP contribution in [-0.4, -0.2) is 37.6 Å². The maximum Gasteiger partial charge on any atom is 0.252 e. The predicted octanol–water partition coefficient (Wildman–Crippen LogP) is 1.36. The fourth-order valence-electron chi connectivity index (χ4n) is 1.91. The van der Waals surface area contributed by atoms with Crippen molar-refractivity contribution in [3.05, 3.63) is 11.4 Å². The van der Waals surface area contributed by atoms with E-state index in [2.05, 4.69) is 4.85 Å².